The summed E-state index contributed by atoms with van der Waals surface area (Å²) in [6.07, 6.45) is 6.58. The van der Waals surface area contributed by atoms with Gasteiger partial charge >= 0.3 is 0 Å². The number of nitrogens with one attached hydrogen (secondary N) is 1. The molecule has 0 saturated heterocycles. The lowest BCUT2D eigenvalue weighted by Crippen LogP contribution is -2.24. The summed E-state index contributed by atoms with van der Waals surface area (Å²) in [5.41, 5.74) is 6.51. The predicted molar refractivity (Wildman–Crippen MR) is 85.6 cm³/mol. The van der Waals surface area contributed by atoms with E-state index >= 15 is 0 Å². The first-order chi connectivity index (χ1) is 10.5. The molecule has 0 bridgehead atoms. The van der Waals surface area contributed by atoms with Crippen LogP contribution in [0.4, 0.5) is 5.95 Å². The lowest BCUT2D eigenvalue weighted by molar-refractivity contribution is 0.0987. The number of rotatable bonds is 6. The average Bonchev–Trinajstić information content (AvgIpc) is 2.47. The van der Waals surface area contributed by atoms with Crippen LogP contribution in [0.5, 0.6) is 0 Å². The van der Waals surface area contributed by atoms with Crippen LogP contribution in [0.15, 0.2) is 6.20 Å². The van der Waals surface area contributed by atoms with Gasteiger partial charge < -0.3 is 16.2 Å². The summed E-state index contributed by atoms with van der Waals surface area (Å²) in [6, 6.07) is 0.267. The molecular weight excluding hydrogens is 280 g/mol. The van der Waals surface area contributed by atoms with E-state index in [1.54, 1.807) is 0 Å². The van der Waals surface area contributed by atoms with E-state index < -0.39 is 5.91 Å². The lowest BCUT2D eigenvalue weighted by Gasteiger charge is -2.26. The molecule has 4 N–H and O–H groups in total. The van der Waals surface area contributed by atoms with E-state index in [1.807, 2.05) is 0 Å². The molecule has 1 saturated carbocycles. The van der Waals surface area contributed by atoms with Crippen molar-refractivity contribution in [3.63, 3.8) is 0 Å². The summed E-state index contributed by atoms with van der Waals surface area (Å²) < 4.78 is 0. The molecule has 1 aliphatic rings. The second-order valence-corrected chi connectivity index (χ2v) is 6.26. The Morgan fingerprint density at radius 3 is 2.95 bits per heavy atom. The van der Waals surface area contributed by atoms with Crippen LogP contribution in [0.3, 0.4) is 0 Å². The number of aliphatic hydroxyl groups is 1. The fraction of sp³-hybridized carbons (Fsp3) is 0.688. The SMILES string of the molecule is CC[C@@H](C)Nc1ncc(C(N)=O)c(CC2CCC[C@H](O)C2)n1. The van der Waals surface area contributed by atoms with Gasteiger partial charge in [0.1, 0.15) is 0 Å². The van der Waals surface area contributed by atoms with Crippen molar-refractivity contribution in [2.75, 3.05) is 5.32 Å². The minimum atomic E-state index is -0.499. The Morgan fingerprint density at radius 2 is 2.32 bits per heavy atom. The number of nitrogens with two attached hydrogens (primary N) is 1. The van der Waals surface area contributed by atoms with Gasteiger partial charge in [-0.05, 0) is 44.9 Å². The van der Waals surface area contributed by atoms with E-state index in [0.29, 0.717) is 29.5 Å². The van der Waals surface area contributed by atoms with E-state index in [2.05, 4.69) is 29.1 Å². The van der Waals surface area contributed by atoms with Gasteiger partial charge in [0.2, 0.25) is 5.95 Å². The molecule has 0 spiro atoms. The Balaban J connectivity index is 2.18. The van der Waals surface area contributed by atoms with Gasteiger partial charge in [0.15, 0.2) is 0 Å². The lowest BCUT2D eigenvalue weighted by atomic mass is 9.84. The molecule has 0 aromatic carbocycles. The standard InChI is InChI=1S/C16H26N4O2/c1-3-10(2)19-16-18-9-13(15(17)22)14(20-16)8-11-5-4-6-12(21)7-11/h9-12,21H,3-8H2,1-2H3,(H2,17,22)(H,18,19,20)/t10-,11?,12+/m1/s1. The molecule has 6 heteroatoms. The van der Waals surface area contributed by atoms with Crippen LogP contribution in [0, 0.1) is 5.92 Å². The smallest absolute Gasteiger partial charge is 0.252 e. The largest absolute Gasteiger partial charge is 0.393 e. The fourth-order valence-electron chi connectivity index (χ4n) is 2.89. The molecular formula is C16H26N4O2. The first kappa shape index (κ1) is 16.7. The van der Waals surface area contributed by atoms with E-state index in [1.165, 1.54) is 6.20 Å². The third-order valence-corrected chi connectivity index (χ3v) is 4.36. The number of aromatic nitrogens is 2. The maximum absolute atomic E-state index is 11.6. The summed E-state index contributed by atoms with van der Waals surface area (Å²) in [7, 11) is 0. The zero-order valence-corrected chi connectivity index (χ0v) is 13.4. The maximum Gasteiger partial charge on any atom is 0.252 e. The number of nitrogens with zero attached hydrogens (tertiary/aromatic N) is 2. The third-order valence-electron chi connectivity index (χ3n) is 4.36. The summed E-state index contributed by atoms with van der Waals surface area (Å²) in [5.74, 6) is 0.375. The van der Waals surface area contributed by atoms with Gasteiger partial charge in [0.05, 0.1) is 17.4 Å². The van der Waals surface area contributed by atoms with E-state index in [-0.39, 0.29) is 12.1 Å². The van der Waals surface area contributed by atoms with Crippen LogP contribution in [-0.2, 0) is 6.42 Å². The van der Waals surface area contributed by atoms with Gasteiger partial charge in [0, 0.05) is 12.2 Å². The number of hydrogen-bond acceptors (Lipinski definition) is 5. The molecule has 0 aliphatic heterocycles. The topological polar surface area (TPSA) is 101 Å². The van der Waals surface area contributed by atoms with Crippen molar-refractivity contribution >= 4 is 11.9 Å². The van der Waals surface area contributed by atoms with Gasteiger partial charge in [-0.1, -0.05) is 13.3 Å². The van der Waals surface area contributed by atoms with Crippen molar-refractivity contribution in [3.05, 3.63) is 17.5 Å². The highest BCUT2D eigenvalue weighted by Crippen LogP contribution is 2.28. The Hall–Kier alpha value is -1.69. The van der Waals surface area contributed by atoms with Crippen LogP contribution >= 0.6 is 0 Å². The van der Waals surface area contributed by atoms with Crippen molar-refractivity contribution in [2.45, 2.75) is 64.5 Å². The number of carbonyl (C=O) groups is 1. The minimum absolute atomic E-state index is 0.240. The zero-order valence-electron chi connectivity index (χ0n) is 13.4. The predicted octanol–water partition coefficient (Wildman–Crippen LogP) is 1.88. The maximum atomic E-state index is 11.6. The normalized spacial score (nSPS) is 23.0. The van der Waals surface area contributed by atoms with Crippen LogP contribution in [0.25, 0.3) is 0 Å². The molecule has 1 unspecified atom stereocenters. The van der Waals surface area contributed by atoms with Gasteiger partial charge in [-0.2, -0.15) is 0 Å². The summed E-state index contributed by atoms with van der Waals surface area (Å²) in [6.45, 7) is 4.14. The van der Waals surface area contributed by atoms with Gasteiger partial charge in [-0.25, -0.2) is 9.97 Å². The molecule has 0 radical (unpaired) electrons. The first-order valence-electron chi connectivity index (χ1n) is 8.09. The van der Waals surface area contributed by atoms with E-state index in [9.17, 15) is 9.90 Å². The molecule has 1 amide bonds. The Bertz CT molecular complexity index is 521. The van der Waals surface area contributed by atoms with Crippen molar-refractivity contribution in [1.82, 2.24) is 9.97 Å². The molecule has 122 valence electrons. The molecule has 1 heterocycles. The second kappa shape index (κ2) is 7.54. The highest BCUT2D eigenvalue weighted by Gasteiger charge is 2.23. The first-order valence-corrected chi connectivity index (χ1v) is 8.09. The van der Waals surface area contributed by atoms with Crippen molar-refractivity contribution in [1.29, 1.82) is 0 Å². The molecule has 1 aromatic rings. The number of amides is 1. The third kappa shape index (κ3) is 4.40. The van der Waals surface area contributed by atoms with Gasteiger partial charge in [-0.15, -0.1) is 0 Å². The number of aliphatic hydroxyl groups excluding tert-OH is 1. The van der Waals surface area contributed by atoms with Crippen LogP contribution in [0.1, 0.15) is 62.0 Å². The highest BCUT2D eigenvalue weighted by atomic mass is 16.3. The molecule has 1 aromatic heterocycles. The van der Waals surface area contributed by atoms with Gasteiger partial charge in [-0.3, -0.25) is 4.79 Å². The fourth-order valence-corrected chi connectivity index (χ4v) is 2.89. The molecule has 22 heavy (non-hydrogen) atoms. The summed E-state index contributed by atoms with van der Waals surface area (Å²) in [4.78, 5) is 20.3. The Morgan fingerprint density at radius 1 is 1.55 bits per heavy atom. The average molecular weight is 306 g/mol. The Kier molecular flexibility index (Phi) is 5.71. The van der Waals surface area contributed by atoms with Crippen molar-refractivity contribution in [3.8, 4) is 0 Å². The quantitative estimate of drug-likeness (QED) is 0.745. The molecule has 2 rings (SSSR count). The molecule has 1 fully saturated rings. The number of anilines is 1. The van der Waals surface area contributed by atoms with Crippen LogP contribution in [-0.4, -0.2) is 33.1 Å². The summed E-state index contributed by atoms with van der Waals surface area (Å²) >= 11 is 0. The monoisotopic (exact) mass is 306 g/mol. The zero-order chi connectivity index (χ0) is 16.1. The number of carbonyl (C=O) groups excluding carboxylic acids is 1. The second-order valence-electron chi connectivity index (χ2n) is 6.26. The molecule has 1 aliphatic carbocycles. The van der Waals surface area contributed by atoms with Crippen molar-refractivity contribution < 1.29 is 9.90 Å². The molecule has 3 atom stereocenters. The van der Waals surface area contributed by atoms with Crippen LogP contribution in [0.2, 0.25) is 0 Å². The van der Waals surface area contributed by atoms with Gasteiger partial charge in [0.25, 0.3) is 5.91 Å². The van der Waals surface area contributed by atoms with Crippen LogP contribution < -0.4 is 11.1 Å². The highest BCUT2D eigenvalue weighted by molar-refractivity contribution is 5.93. The minimum Gasteiger partial charge on any atom is -0.393 e. The number of hydrogen-bond donors (Lipinski definition) is 3. The van der Waals surface area contributed by atoms with E-state index in [0.717, 1.165) is 32.1 Å². The number of primary amides is 1. The van der Waals surface area contributed by atoms with Crippen molar-refractivity contribution in [2.24, 2.45) is 11.7 Å². The summed E-state index contributed by atoms with van der Waals surface area (Å²) in [5, 5.41) is 13.0. The molecule has 6 nitrogen and oxygen atoms in total. The van der Waals surface area contributed by atoms with E-state index in [4.69, 9.17) is 5.73 Å². The Labute approximate surface area is 131 Å².